The van der Waals surface area contributed by atoms with Crippen LogP contribution < -0.4 is 0 Å². The fourth-order valence-corrected chi connectivity index (χ4v) is 0.343. The molecule has 56 valence electrons. The summed E-state index contributed by atoms with van der Waals surface area (Å²) in [4.78, 5) is 19.2. The number of rotatable bonds is 5. The van der Waals surface area contributed by atoms with Gasteiger partial charge in [-0.2, -0.15) is 0 Å². The van der Waals surface area contributed by atoms with Crippen molar-refractivity contribution in [1.29, 1.82) is 0 Å². The normalized spacial score (nSPS) is 10.3. The topological polar surface area (TPSA) is 52.6 Å². The molecule has 0 aromatic rings. The third kappa shape index (κ3) is 4.83. The quantitative estimate of drug-likeness (QED) is 0.409. The average Bonchev–Trinajstić information content (AvgIpc) is 1.97. The molecular formula is C6H8O4. The first-order valence-corrected chi connectivity index (χ1v) is 2.61. The van der Waals surface area contributed by atoms with Crippen LogP contribution in [0, 0.1) is 0 Å². The van der Waals surface area contributed by atoms with Gasteiger partial charge in [-0.05, 0) is 12.5 Å². The van der Waals surface area contributed by atoms with E-state index in [1.165, 1.54) is 6.26 Å². The molecule has 0 rings (SSSR count). The Kier molecular flexibility index (Phi) is 5.04. The summed E-state index contributed by atoms with van der Waals surface area (Å²) < 4.78 is 8.60. The van der Waals surface area contributed by atoms with Crippen molar-refractivity contribution in [2.75, 3.05) is 6.61 Å². The lowest BCUT2D eigenvalue weighted by molar-refractivity contribution is -0.127. The number of hydrogen-bond acceptors (Lipinski definition) is 4. The summed E-state index contributed by atoms with van der Waals surface area (Å²) in [6, 6.07) is 0. The minimum absolute atomic E-state index is 0.150. The first-order chi connectivity index (χ1) is 4.81. The molecule has 4 nitrogen and oxygen atoms in total. The molecule has 0 N–H and O–H groups in total. The van der Waals surface area contributed by atoms with Crippen molar-refractivity contribution in [2.45, 2.75) is 6.92 Å². The fraction of sp³-hybridized carbons (Fsp3) is 0.333. The van der Waals surface area contributed by atoms with Crippen molar-refractivity contribution in [1.82, 2.24) is 0 Å². The fourth-order valence-electron chi connectivity index (χ4n) is 0.343. The van der Waals surface area contributed by atoms with Gasteiger partial charge in [0.25, 0.3) is 12.9 Å². The molecule has 0 radical (unpaired) electrons. The van der Waals surface area contributed by atoms with Gasteiger partial charge in [-0.15, -0.1) is 0 Å². The molecular weight excluding hydrogens is 136 g/mol. The lowest BCUT2D eigenvalue weighted by Crippen LogP contribution is -1.93. The first-order valence-electron chi connectivity index (χ1n) is 2.61. The molecule has 0 bridgehead atoms. The van der Waals surface area contributed by atoms with E-state index in [-0.39, 0.29) is 6.61 Å². The van der Waals surface area contributed by atoms with Crippen LogP contribution >= 0.6 is 0 Å². The number of hydrogen-bond donors (Lipinski definition) is 0. The highest BCUT2D eigenvalue weighted by Crippen LogP contribution is 1.91. The predicted molar refractivity (Wildman–Crippen MR) is 32.9 cm³/mol. The second-order valence-electron chi connectivity index (χ2n) is 1.60. The summed E-state index contributed by atoms with van der Waals surface area (Å²) in [6.07, 6.45) is 1.22. The van der Waals surface area contributed by atoms with Gasteiger partial charge in [-0.3, -0.25) is 9.59 Å². The molecule has 0 atom stereocenters. The maximum absolute atomic E-state index is 9.62. The second-order valence-corrected chi connectivity index (χ2v) is 1.60. The van der Waals surface area contributed by atoms with Crippen molar-refractivity contribution in [3.63, 3.8) is 0 Å². The van der Waals surface area contributed by atoms with Crippen LogP contribution in [0.15, 0.2) is 11.8 Å². The van der Waals surface area contributed by atoms with Crippen molar-refractivity contribution in [2.24, 2.45) is 0 Å². The van der Waals surface area contributed by atoms with Gasteiger partial charge in [0.05, 0.1) is 6.26 Å². The van der Waals surface area contributed by atoms with Gasteiger partial charge >= 0.3 is 0 Å². The molecule has 0 amide bonds. The second kappa shape index (κ2) is 5.81. The molecule has 0 aliphatic rings. The molecule has 0 aromatic heterocycles. The van der Waals surface area contributed by atoms with Gasteiger partial charge in [0.2, 0.25) is 0 Å². The predicted octanol–water partition coefficient (Wildman–Crippen LogP) is 0.236. The third-order valence-corrected chi connectivity index (χ3v) is 0.704. The third-order valence-electron chi connectivity index (χ3n) is 0.704. The Morgan fingerprint density at radius 1 is 1.40 bits per heavy atom. The van der Waals surface area contributed by atoms with Gasteiger partial charge in [0, 0.05) is 0 Å². The lowest BCUT2D eigenvalue weighted by atomic mass is 10.4. The van der Waals surface area contributed by atoms with E-state index in [2.05, 4.69) is 9.47 Å². The molecule has 0 fully saturated rings. The van der Waals surface area contributed by atoms with Crippen LogP contribution in [0.5, 0.6) is 0 Å². The van der Waals surface area contributed by atoms with Gasteiger partial charge in [-0.25, -0.2) is 0 Å². The van der Waals surface area contributed by atoms with Crippen LogP contribution in [0.4, 0.5) is 0 Å². The van der Waals surface area contributed by atoms with E-state index in [1.807, 2.05) is 0 Å². The Hall–Kier alpha value is -1.32. The molecule has 0 unspecified atom stereocenters. The molecule has 0 spiro atoms. The van der Waals surface area contributed by atoms with E-state index in [4.69, 9.17) is 0 Å². The Bertz CT molecular complexity index is 139. The van der Waals surface area contributed by atoms with E-state index in [9.17, 15) is 9.59 Å². The summed E-state index contributed by atoms with van der Waals surface area (Å²) in [6.45, 7) is 2.45. The smallest absolute Gasteiger partial charge is 0.297 e. The number of carbonyl (C=O) groups excluding carboxylic acids is 2. The van der Waals surface area contributed by atoms with Crippen LogP contribution in [-0.4, -0.2) is 19.6 Å². The number of ether oxygens (including phenoxy) is 2. The van der Waals surface area contributed by atoms with Crippen molar-refractivity contribution >= 4 is 12.9 Å². The summed E-state index contributed by atoms with van der Waals surface area (Å²) in [7, 11) is 0. The number of carbonyl (C=O) groups is 2. The van der Waals surface area contributed by atoms with E-state index < -0.39 is 0 Å². The van der Waals surface area contributed by atoms with Crippen molar-refractivity contribution in [3.8, 4) is 0 Å². The van der Waals surface area contributed by atoms with Gasteiger partial charge in [0.15, 0.2) is 0 Å². The molecule has 0 heterocycles. The van der Waals surface area contributed by atoms with E-state index in [1.54, 1.807) is 6.92 Å². The minimum atomic E-state index is 0.150. The molecule has 0 aliphatic carbocycles. The van der Waals surface area contributed by atoms with E-state index in [0.29, 0.717) is 18.5 Å². The molecule has 0 aromatic carbocycles. The van der Waals surface area contributed by atoms with Gasteiger partial charge in [-0.1, -0.05) is 0 Å². The van der Waals surface area contributed by atoms with Crippen LogP contribution in [0.2, 0.25) is 0 Å². The largest absolute Gasteiger partial charge is 0.463 e. The van der Waals surface area contributed by atoms with Crippen molar-refractivity contribution < 1.29 is 19.1 Å². The van der Waals surface area contributed by atoms with Gasteiger partial charge in [0.1, 0.15) is 6.61 Å². The Morgan fingerprint density at radius 2 is 2.10 bits per heavy atom. The summed E-state index contributed by atoms with van der Waals surface area (Å²) in [5.74, 6) is 0. The van der Waals surface area contributed by atoms with Crippen LogP contribution in [0.1, 0.15) is 6.92 Å². The lowest BCUT2D eigenvalue weighted by Gasteiger charge is -1.95. The SMILES string of the molecule is C/C(=C\OC=O)COC=O. The van der Waals surface area contributed by atoms with Crippen molar-refractivity contribution in [3.05, 3.63) is 11.8 Å². The molecule has 4 heteroatoms. The Labute approximate surface area is 58.4 Å². The molecule has 0 saturated heterocycles. The minimum Gasteiger partial charge on any atom is -0.463 e. The zero-order valence-corrected chi connectivity index (χ0v) is 5.57. The molecule has 10 heavy (non-hydrogen) atoms. The highest BCUT2D eigenvalue weighted by atomic mass is 16.5. The highest BCUT2D eigenvalue weighted by molar-refractivity contribution is 5.39. The average molecular weight is 144 g/mol. The highest BCUT2D eigenvalue weighted by Gasteiger charge is 1.87. The zero-order chi connectivity index (χ0) is 7.82. The maximum atomic E-state index is 9.62. The maximum Gasteiger partial charge on any atom is 0.297 e. The van der Waals surface area contributed by atoms with E-state index in [0.717, 1.165) is 0 Å². The van der Waals surface area contributed by atoms with Crippen LogP contribution in [0.25, 0.3) is 0 Å². The van der Waals surface area contributed by atoms with Gasteiger partial charge < -0.3 is 9.47 Å². The first kappa shape index (κ1) is 8.68. The summed E-state index contributed by atoms with van der Waals surface area (Å²) in [5, 5.41) is 0. The molecule has 0 aliphatic heterocycles. The zero-order valence-electron chi connectivity index (χ0n) is 5.57. The Morgan fingerprint density at radius 3 is 2.60 bits per heavy atom. The summed E-state index contributed by atoms with van der Waals surface area (Å²) >= 11 is 0. The standard InChI is InChI=1S/C6H8O4/c1-6(2-9-4-7)3-10-5-8/h2,4-5H,3H2,1H3/b6-2+. The van der Waals surface area contributed by atoms with E-state index >= 15 is 0 Å². The van der Waals surface area contributed by atoms with Crippen LogP contribution in [0.3, 0.4) is 0 Å². The van der Waals surface area contributed by atoms with Crippen LogP contribution in [-0.2, 0) is 19.1 Å². The molecule has 0 saturated carbocycles. The Balaban J connectivity index is 3.47. The summed E-state index contributed by atoms with van der Waals surface area (Å²) in [5.41, 5.74) is 0.666. The monoisotopic (exact) mass is 144 g/mol.